The Morgan fingerprint density at radius 2 is 1.97 bits per heavy atom. The summed E-state index contributed by atoms with van der Waals surface area (Å²) in [6, 6.07) is 16.4. The topological polar surface area (TPSA) is 62.5 Å². The van der Waals surface area contributed by atoms with Crippen LogP contribution >= 0.6 is 0 Å². The van der Waals surface area contributed by atoms with Crippen molar-refractivity contribution in [1.29, 1.82) is 0 Å². The molecule has 4 rings (SSSR count). The summed E-state index contributed by atoms with van der Waals surface area (Å²) in [5.74, 6) is 1.24. The molecule has 2 heterocycles. The van der Waals surface area contributed by atoms with Crippen molar-refractivity contribution in [2.24, 2.45) is 0 Å². The summed E-state index contributed by atoms with van der Waals surface area (Å²) >= 11 is 0. The highest BCUT2D eigenvalue weighted by Gasteiger charge is 2.33. The van der Waals surface area contributed by atoms with E-state index in [1.807, 2.05) is 48.2 Å². The van der Waals surface area contributed by atoms with Gasteiger partial charge in [0, 0.05) is 50.8 Å². The normalized spacial score (nSPS) is 16.4. The average molecular weight is 390 g/mol. The highest BCUT2D eigenvalue weighted by Crippen LogP contribution is 2.29. The molecule has 0 bridgehead atoms. The highest BCUT2D eigenvalue weighted by atomic mass is 16.5. The van der Waals surface area contributed by atoms with Gasteiger partial charge in [-0.15, -0.1) is 0 Å². The van der Waals surface area contributed by atoms with Crippen LogP contribution in [0.2, 0.25) is 0 Å². The number of aromatic nitrogens is 2. The number of benzene rings is 2. The molecule has 1 fully saturated rings. The minimum atomic E-state index is -0.0185. The van der Waals surface area contributed by atoms with Crippen LogP contribution in [0.4, 0.5) is 5.69 Å². The third kappa shape index (κ3) is 4.31. The van der Waals surface area contributed by atoms with Crippen molar-refractivity contribution in [2.75, 3.05) is 32.1 Å². The van der Waals surface area contributed by atoms with Gasteiger partial charge in [-0.1, -0.05) is 41.1 Å². The second-order valence-electron chi connectivity index (χ2n) is 7.88. The first kappa shape index (κ1) is 19.2. The number of hydrogen-bond acceptors (Lipinski definition) is 5. The lowest BCUT2D eigenvalue weighted by atomic mass is 10.1. The van der Waals surface area contributed by atoms with Crippen LogP contribution < -0.4 is 4.90 Å². The lowest BCUT2D eigenvalue weighted by Crippen LogP contribution is -2.27. The largest absolute Gasteiger partial charge is 0.378 e. The zero-order valence-electron chi connectivity index (χ0n) is 17.1. The van der Waals surface area contributed by atoms with E-state index in [-0.39, 0.29) is 11.8 Å². The Balaban J connectivity index is 1.41. The third-order valence-electron chi connectivity index (χ3n) is 5.42. The van der Waals surface area contributed by atoms with Crippen molar-refractivity contribution >= 4 is 11.6 Å². The number of carbonyl (C=O) groups is 1. The molecular formula is C23H26N4O2. The monoisotopic (exact) mass is 390 g/mol. The van der Waals surface area contributed by atoms with E-state index in [0.717, 1.165) is 17.7 Å². The molecule has 6 heteroatoms. The van der Waals surface area contributed by atoms with Crippen molar-refractivity contribution in [1.82, 2.24) is 15.0 Å². The first-order chi connectivity index (χ1) is 14.0. The van der Waals surface area contributed by atoms with Gasteiger partial charge in [0.15, 0.2) is 5.82 Å². The molecule has 1 amide bonds. The quantitative estimate of drug-likeness (QED) is 0.643. The molecule has 1 aromatic heterocycles. The predicted molar refractivity (Wildman–Crippen MR) is 113 cm³/mol. The zero-order chi connectivity index (χ0) is 20.4. The first-order valence-corrected chi connectivity index (χ1v) is 9.94. The summed E-state index contributed by atoms with van der Waals surface area (Å²) in [6.07, 6.45) is 1.29. The van der Waals surface area contributed by atoms with E-state index >= 15 is 0 Å². The number of anilines is 1. The Labute approximate surface area is 171 Å². The molecule has 1 unspecified atom stereocenters. The molecule has 1 atom stereocenters. The van der Waals surface area contributed by atoms with Gasteiger partial charge in [-0.2, -0.15) is 4.98 Å². The molecule has 0 radical (unpaired) electrons. The maximum Gasteiger partial charge on any atom is 0.258 e. The van der Waals surface area contributed by atoms with Gasteiger partial charge in [0.1, 0.15) is 0 Å². The molecule has 6 nitrogen and oxygen atoms in total. The van der Waals surface area contributed by atoms with Gasteiger partial charge in [0.2, 0.25) is 5.91 Å². The van der Waals surface area contributed by atoms with E-state index in [2.05, 4.69) is 41.3 Å². The predicted octanol–water partition coefficient (Wildman–Crippen LogP) is 3.67. The lowest BCUT2D eigenvalue weighted by Gasteiger charge is -2.16. The third-order valence-corrected chi connectivity index (χ3v) is 5.42. The van der Waals surface area contributed by atoms with Gasteiger partial charge in [0.05, 0.1) is 0 Å². The van der Waals surface area contributed by atoms with E-state index in [9.17, 15) is 4.79 Å². The van der Waals surface area contributed by atoms with Crippen LogP contribution in [0.15, 0.2) is 53.1 Å². The standard InChI is InChI=1S/C23H26N4O2/c1-16-7-9-17(10-8-16)11-12-27-15-19(14-21(27)28)22-24-23(29-25-22)18-5-4-6-20(13-18)26(2)3/h4-10,13,19H,11-12,14-15H2,1-3H3. The summed E-state index contributed by atoms with van der Waals surface area (Å²) in [6.45, 7) is 3.43. The zero-order valence-corrected chi connectivity index (χ0v) is 17.1. The molecular weight excluding hydrogens is 364 g/mol. The lowest BCUT2D eigenvalue weighted by molar-refractivity contribution is -0.127. The maximum absolute atomic E-state index is 12.5. The number of likely N-dealkylation sites (tertiary alicyclic amines) is 1. The Morgan fingerprint density at radius 1 is 1.17 bits per heavy atom. The number of aryl methyl sites for hydroxylation is 1. The minimum Gasteiger partial charge on any atom is -0.378 e. The van der Waals surface area contributed by atoms with Gasteiger partial charge in [-0.3, -0.25) is 4.79 Å². The molecule has 0 aliphatic carbocycles. The second kappa shape index (κ2) is 8.07. The van der Waals surface area contributed by atoms with Gasteiger partial charge >= 0.3 is 0 Å². The minimum absolute atomic E-state index is 0.0185. The number of hydrogen-bond donors (Lipinski definition) is 0. The van der Waals surface area contributed by atoms with E-state index < -0.39 is 0 Å². The van der Waals surface area contributed by atoms with E-state index in [0.29, 0.717) is 31.2 Å². The average Bonchev–Trinajstić information content (AvgIpc) is 3.35. The summed E-state index contributed by atoms with van der Waals surface area (Å²) < 4.78 is 5.50. The van der Waals surface area contributed by atoms with Crippen molar-refractivity contribution < 1.29 is 9.32 Å². The van der Waals surface area contributed by atoms with Crippen molar-refractivity contribution in [3.8, 4) is 11.5 Å². The Morgan fingerprint density at radius 3 is 2.72 bits per heavy atom. The second-order valence-corrected chi connectivity index (χ2v) is 7.88. The molecule has 1 saturated heterocycles. The molecule has 2 aromatic carbocycles. The first-order valence-electron chi connectivity index (χ1n) is 9.94. The van der Waals surface area contributed by atoms with E-state index in [4.69, 9.17) is 4.52 Å². The molecule has 0 N–H and O–H groups in total. The summed E-state index contributed by atoms with van der Waals surface area (Å²) in [5.41, 5.74) is 4.45. The molecule has 0 spiro atoms. The fourth-order valence-electron chi connectivity index (χ4n) is 3.62. The molecule has 0 saturated carbocycles. The van der Waals surface area contributed by atoms with Crippen molar-refractivity contribution in [3.63, 3.8) is 0 Å². The summed E-state index contributed by atoms with van der Waals surface area (Å²) in [4.78, 5) is 21.0. The van der Waals surface area contributed by atoms with Crippen LogP contribution in [0.5, 0.6) is 0 Å². The summed E-state index contributed by atoms with van der Waals surface area (Å²) in [5, 5.41) is 4.17. The Bertz CT molecular complexity index is 994. The van der Waals surface area contributed by atoms with Crippen LogP contribution in [0, 0.1) is 6.92 Å². The molecule has 29 heavy (non-hydrogen) atoms. The van der Waals surface area contributed by atoms with Crippen molar-refractivity contribution in [2.45, 2.75) is 25.7 Å². The molecule has 1 aliphatic rings. The fraction of sp³-hybridized carbons (Fsp3) is 0.348. The van der Waals surface area contributed by atoms with Crippen LogP contribution in [0.25, 0.3) is 11.5 Å². The van der Waals surface area contributed by atoms with E-state index in [1.165, 1.54) is 11.1 Å². The molecule has 150 valence electrons. The number of carbonyl (C=O) groups excluding carboxylic acids is 1. The Hall–Kier alpha value is -3.15. The Kier molecular flexibility index (Phi) is 5.34. The van der Waals surface area contributed by atoms with Crippen LogP contribution in [-0.2, 0) is 11.2 Å². The van der Waals surface area contributed by atoms with Gasteiger partial charge < -0.3 is 14.3 Å². The van der Waals surface area contributed by atoms with Crippen LogP contribution in [-0.4, -0.2) is 48.1 Å². The maximum atomic E-state index is 12.5. The van der Waals surface area contributed by atoms with Gasteiger partial charge in [-0.05, 0) is 37.1 Å². The smallest absolute Gasteiger partial charge is 0.258 e. The highest BCUT2D eigenvalue weighted by molar-refractivity contribution is 5.79. The van der Waals surface area contributed by atoms with Crippen LogP contribution in [0.1, 0.15) is 29.3 Å². The van der Waals surface area contributed by atoms with Crippen LogP contribution in [0.3, 0.4) is 0 Å². The SMILES string of the molecule is Cc1ccc(CCN2CC(c3noc(-c4cccc(N(C)C)c4)n3)CC2=O)cc1. The number of nitrogens with zero attached hydrogens (tertiary/aromatic N) is 4. The van der Waals surface area contributed by atoms with Gasteiger partial charge in [-0.25, -0.2) is 0 Å². The molecule has 1 aliphatic heterocycles. The van der Waals surface area contributed by atoms with Crippen molar-refractivity contribution in [3.05, 3.63) is 65.5 Å². The van der Waals surface area contributed by atoms with Gasteiger partial charge in [0.25, 0.3) is 5.89 Å². The summed E-state index contributed by atoms with van der Waals surface area (Å²) in [7, 11) is 3.99. The molecule has 3 aromatic rings. The fourth-order valence-corrected chi connectivity index (χ4v) is 3.62. The van der Waals surface area contributed by atoms with E-state index in [1.54, 1.807) is 0 Å². The number of rotatable bonds is 6. The number of amides is 1.